The van der Waals surface area contributed by atoms with E-state index < -0.39 is 0 Å². The van der Waals surface area contributed by atoms with Crippen LogP contribution in [0.2, 0.25) is 0 Å². The van der Waals surface area contributed by atoms with Crippen molar-refractivity contribution in [1.82, 2.24) is 10.5 Å². The molecule has 0 N–H and O–H groups in total. The largest absolute Gasteiger partial charge is 0.762 e. The molecule has 29 heavy (non-hydrogen) atoms. The number of hydrogen-bond acceptors (Lipinski definition) is 6. The molecule has 0 spiro atoms. The molecule has 0 aliphatic heterocycles. The molecule has 6 heteroatoms. The summed E-state index contributed by atoms with van der Waals surface area (Å²) in [5, 5.41) is 25.9. The van der Waals surface area contributed by atoms with E-state index in [4.69, 9.17) is 9.68 Å². The minimum absolute atomic E-state index is 0.00798. The summed E-state index contributed by atoms with van der Waals surface area (Å²) in [6.45, 7) is 13.7. The molecule has 0 aromatic heterocycles. The maximum absolute atomic E-state index is 12.3. The van der Waals surface area contributed by atoms with Crippen molar-refractivity contribution < 1.29 is 9.68 Å². The highest BCUT2D eigenvalue weighted by Crippen LogP contribution is 2.36. The first-order valence-electron chi connectivity index (χ1n) is 11.9. The zero-order chi connectivity index (χ0) is 21.6. The molecule has 6 unspecified atom stereocenters. The van der Waals surface area contributed by atoms with E-state index in [1.165, 1.54) is 12.8 Å². The van der Waals surface area contributed by atoms with Gasteiger partial charge in [-0.3, -0.25) is 10.5 Å². The van der Waals surface area contributed by atoms with Gasteiger partial charge >= 0.3 is 0 Å². The Labute approximate surface area is 178 Å². The molecular formula is C23H44N2O4-2. The number of hydrogen-bond donors (Lipinski definition) is 0. The lowest BCUT2D eigenvalue weighted by molar-refractivity contribution is -0.212. The first-order valence-corrected chi connectivity index (χ1v) is 11.9. The third-order valence-corrected chi connectivity index (χ3v) is 7.11. The molecule has 2 saturated carbocycles. The van der Waals surface area contributed by atoms with E-state index in [9.17, 15) is 10.4 Å². The molecule has 0 aromatic rings. The third kappa shape index (κ3) is 8.08. The number of nitrogens with zero attached hydrogens (tertiary/aromatic N) is 2. The normalized spacial score (nSPS) is 33.9. The summed E-state index contributed by atoms with van der Waals surface area (Å²) in [5.41, 5.74) is 0. The van der Waals surface area contributed by atoms with Crippen LogP contribution in [0.3, 0.4) is 0 Å². The smallest absolute Gasteiger partial charge is 0.0814 e. The highest BCUT2D eigenvalue weighted by molar-refractivity contribution is 4.82. The second-order valence-corrected chi connectivity index (χ2v) is 10.4. The van der Waals surface area contributed by atoms with Gasteiger partial charge in [-0.1, -0.05) is 54.4 Å². The van der Waals surface area contributed by atoms with Crippen molar-refractivity contribution in [2.24, 2.45) is 35.5 Å². The van der Waals surface area contributed by atoms with Gasteiger partial charge in [0.15, 0.2) is 0 Å². The Bertz CT molecular complexity index is 422. The summed E-state index contributed by atoms with van der Waals surface area (Å²) >= 11 is 0. The Kier molecular flexibility index (Phi) is 10.3. The first kappa shape index (κ1) is 25.0. The zero-order valence-electron chi connectivity index (χ0n) is 19.5. The molecule has 0 amide bonds. The molecule has 2 aliphatic carbocycles. The highest BCUT2D eigenvalue weighted by atomic mass is 16.9. The maximum Gasteiger partial charge on any atom is 0.0814 e. The molecule has 6 nitrogen and oxygen atoms in total. The Balaban J connectivity index is 1.72. The van der Waals surface area contributed by atoms with Crippen LogP contribution in [0.25, 0.3) is 0 Å². The van der Waals surface area contributed by atoms with Gasteiger partial charge in [-0.25, -0.2) is 0 Å². The summed E-state index contributed by atoms with van der Waals surface area (Å²) in [6.07, 6.45) is 6.97. The Morgan fingerprint density at radius 3 is 1.45 bits per heavy atom. The monoisotopic (exact) mass is 412 g/mol. The van der Waals surface area contributed by atoms with Gasteiger partial charge in [-0.15, -0.1) is 0 Å². The van der Waals surface area contributed by atoms with E-state index in [2.05, 4.69) is 41.5 Å². The SMILES string of the molecule is CC1CCC(C(C)C)C(ON([O-])CCCN([O-])OC2CC(C)CCC2C(C)C)C1. The summed E-state index contributed by atoms with van der Waals surface area (Å²) < 4.78 is 0. The van der Waals surface area contributed by atoms with E-state index in [0.717, 1.165) is 25.7 Å². The van der Waals surface area contributed by atoms with E-state index in [-0.39, 0.29) is 25.3 Å². The minimum Gasteiger partial charge on any atom is -0.762 e. The van der Waals surface area contributed by atoms with Crippen LogP contribution < -0.4 is 0 Å². The molecule has 2 aliphatic rings. The predicted octanol–water partition coefficient (Wildman–Crippen LogP) is 5.76. The summed E-state index contributed by atoms with van der Waals surface area (Å²) in [7, 11) is 0. The fourth-order valence-electron chi connectivity index (χ4n) is 5.21. The van der Waals surface area contributed by atoms with Crippen molar-refractivity contribution >= 4 is 0 Å². The lowest BCUT2D eigenvalue weighted by Crippen LogP contribution is -2.40. The van der Waals surface area contributed by atoms with Crippen LogP contribution in [0, 0.1) is 45.9 Å². The van der Waals surface area contributed by atoms with Crippen molar-refractivity contribution in [2.75, 3.05) is 13.1 Å². The summed E-state index contributed by atoms with van der Waals surface area (Å²) in [4.78, 5) is 11.5. The van der Waals surface area contributed by atoms with Gasteiger partial charge in [0, 0.05) is 13.1 Å². The molecule has 0 saturated heterocycles. The number of rotatable bonds is 10. The quantitative estimate of drug-likeness (QED) is 0.425. The van der Waals surface area contributed by atoms with Crippen LogP contribution in [0.4, 0.5) is 0 Å². The van der Waals surface area contributed by atoms with Crippen molar-refractivity contribution in [2.45, 2.75) is 98.7 Å². The van der Waals surface area contributed by atoms with Gasteiger partial charge < -0.3 is 20.1 Å². The highest BCUT2D eigenvalue weighted by Gasteiger charge is 2.33. The predicted molar refractivity (Wildman–Crippen MR) is 117 cm³/mol. The van der Waals surface area contributed by atoms with E-state index in [1.807, 2.05) is 0 Å². The summed E-state index contributed by atoms with van der Waals surface area (Å²) in [5.74, 6) is 3.09. The molecule has 2 rings (SSSR count). The lowest BCUT2D eigenvalue weighted by atomic mass is 9.75. The first-order chi connectivity index (χ1) is 13.7. The fraction of sp³-hybridized carbons (Fsp3) is 1.00. The van der Waals surface area contributed by atoms with Crippen LogP contribution in [0.5, 0.6) is 0 Å². The maximum atomic E-state index is 12.3. The van der Waals surface area contributed by atoms with Crippen LogP contribution in [-0.2, 0) is 9.68 Å². The Morgan fingerprint density at radius 2 is 1.10 bits per heavy atom. The molecule has 0 radical (unpaired) electrons. The van der Waals surface area contributed by atoms with Crippen molar-refractivity contribution in [3.05, 3.63) is 10.4 Å². The van der Waals surface area contributed by atoms with Gasteiger partial charge in [0.2, 0.25) is 0 Å². The average molecular weight is 413 g/mol. The Hall–Kier alpha value is -0.240. The molecular weight excluding hydrogens is 368 g/mol. The average Bonchev–Trinajstić information content (AvgIpc) is 2.61. The molecule has 2 fully saturated rings. The molecule has 6 atom stereocenters. The van der Waals surface area contributed by atoms with Gasteiger partial charge in [-0.2, -0.15) is 0 Å². The standard InChI is InChI=1S/C23H44N2O4/c1-16(2)20-10-8-18(5)14-22(20)28-24(26)12-7-13-25(27)29-23-15-19(6)9-11-21(23)17(3)4/h16-23H,7-15H2,1-6H3/q-2. The topological polar surface area (TPSA) is 71.1 Å². The second-order valence-electron chi connectivity index (χ2n) is 10.4. The number of hydroxylamine groups is 4. The molecule has 0 aromatic carbocycles. The summed E-state index contributed by atoms with van der Waals surface area (Å²) in [6, 6.07) is 0. The van der Waals surface area contributed by atoms with Crippen molar-refractivity contribution in [3.8, 4) is 0 Å². The Morgan fingerprint density at radius 1 is 0.724 bits per heavy atom. The van der Waals surface area contributed by atoms with Crippen molar-refractivity contribution in [1.29, 1.82) is 0 Å². The van der Waals surface area contributed by atoms with Crippen LogP contribution in [0.1, 0.15) is 86.5 Å². The van der Waals surface area contributed by atoms with Crippen LogP contribution >= 0.6 is 0 Å². The lowest BCUT2D eigenvalue weighted by Gasteiger charge is -2.42. The molecule has 0 bridgehead atoms. The zero-order valence-corrected chi connectivity index (χ0v) is 19.5. The van der Waals surface area contributed by atoms with Crippen LogP contribution in [-0.4, -0.2) is 35.8 Å². The van der Waals surface area contributed by atoms with Gasteiger partial charge in [0.05, 0.1) is 12.2 Å². The van der Waals surface area contributed by atoms with Gasteiger partial charge in [0.1, 0.15) is 0 Å². The van der Waals surface area contributed by atoms with Gasteiger partial charge in [-0.05, 0) is 67.6 Å². The molecule has 172 valence electrons. The molecule has 0 heterocycles. The van der Waals surface area contributed by atoms with E-state index in [1.54, 1.807) is 0 Å². The fourth-order valence-corrected chi connectivity index (χ4v) is 5.21. The van der Waals surface area contributed by atoms with Crippen LogP contribution in [0.15, 0.2) is 0 Å². The van der Waals surface area contributed by atoms with Crippen molar-refractivity contribution in [3.63, 3.8) is 0 Å². The van der Waals surface area contributed by atoms with E-state index in [0.29, 0.717) is 52.4 Å². The van der Waals surface area contributed by atoms with Gasteiger partial charge in [0.25, 0.3) is 0 Å². The minimum atomic E-state index is -0.00798. The second kappa shape index (κ2) is 12.0. The third-order valence-electron chi connectivity index (χ3n) is 7.11. The van der Waals surface area contributed by atoms with E-state index >= 15 is 0 Å².